The minimum atomic E-state index is -0.124. The highest BCUT2D eigenvalue weighted by Crippen LogP contribution is 2.48. The summed E-state index contributed by atoms with van der Waals surface area (Å²) in [5.74, 6) is 0.475. The van der Waals surface area contributed by atoms with Crippen LogP contribution in [0, 0.1) is 0 Å². The molecule has 0 unspecified atom stereocenters. The zero-order chi connectivity index (χ0) is 18.1. The predicted octanol–water partition coefficient (Wildman–Crippen LogP) is 6.21. The van der Waals surface area contributed by atoms with Crippen LogP contribution in [0.2, 0.25) is 0 Å². The van der Waals surface area contributed by atoms with Gasteiger partial charge in [0.1, 0.15) is 0 Å². The van der Waals surface area contributed by atoms with Crippen molar-refractivity contribution in [2.24, 2.45) is 0 Å². The Morgan fingerprint density at radius 1 is 0.923 bits per heavy atom. The van der Waals surface area contributed by atoms with E-state index in [9.17, 15) is 0 Å². The third-order valence-corrected chi connectivity index (χ3v) is 5.90. The highest BCUT2D eigenvalue weighted by atomic mass is 14.7. The summed E-state index contributed by atoms with van der Waals surface area (Å²) in [4.78, 5) is 9.67. The lowest BCUT2D eigenvalue weighted by Crippen LogP contribution is -2.24. The monoisotopic (exact) mass is 338 g/mol. The van der Waals surface area contributed by atoms with Crippen LogP contribution in [-0.2, 0) is 5.41 Å². The summed E-state index contributed by atoms with van der Waals surface area (Å²) in [5, 5.41) is 3.76. The first-order valence-corrected chi connectivity index (χ1v) is 9.30. The molecule has 2 nitrogen and oxygen atoms in total. The van der Waals surface area contributed by atoms with Gasteiger partial charge in [0.25, 0.3) is 0 Å². The lowest BCUT2D eigenvalue weighted by molar-refractivity contribution is 0.640. The van der Waals surface area contributed by atoms with E-state index in [1.165, 1.54) is 38.4 Å². The summed E-state index contributed by atoms with van der Waals surface area (Å²) < 4.78 is 0. The molecule has 0 bridgehead atoms. The normalized spacial score (nSPS) is 14.8. The highest BCUT2D eigenvalue weighted by Gasteiger charge is 2.35. The number of pyridine rings is 2. The van der Waals surface area contributed by atoms with Gasteiger partial charge >= 0.3 is 0 Å². The average Bonchev–Trinajstić information content (AvgIpc) is 2.64. The maximum Gasteiger partial charge on any atom is 0.0756 e. The van der Waals surface area contributed by atoms with Crippen molar-refractivity contribution in [1.82, 2.24) is 9.97 Å². The third kappa shape index (κ3) is 1.93. The minimum absolute atomic E-state index is 0.124. The molecule has 0 spiro atoms. The Kier molecular flexibility index (Phi) is 3.06. The van der Waals surface area contributed by atoms with Gasteiger partial charge in [-0.15, -0.1) is 0 Å². The molecule has 0 amide bonds. The summed E-state index contributed by atoms with van der Waals surface area (Å²) in [6.07, 6.45) is 3.99. The molecule has 5 rings (SSSR count). The van der Waals surface area contributed by atoms with Gasteiger partial charge in [0, 0.05) is 34.1 Å². The number of fused-ring (bicyclic) bond motifs is 3. The Morgan fingerprint density at radius 3 is 2.54 bits per heavy atom. The molecule has 0 N–H and O–H groups in total. The standard InChI is InChI=1S/C24H22N2/c1-14(2)16-8-6-10-21-18(16)11-19-23(26-21)17-9-5-7-15-12-25-13-20(22(15)17)24(19,3)4/h5-14H,1-4H3. The second-order valence-corrected chi connectivity index (χ2v) is 8.17. The van der Waals surface area contributed by atoms with Crippen LogP contribution in [0.5, 0.6) is 0 Å². The van der Waals surface area contributed by atoms with Gasteiger partial charge in [-0.25, -0.2) is 4.98 Å². The van der Waals surface area contributed by atoms with E-state index in [4.69, 9.17) is 4.98 Å². The van der Waals surface area contributed by atoms with E-state index >= 15 is 0 Å². The molecule has 0 radical (unpaired) electrons. The second kappa shape index (κ2) is 5.14. The Labute approximate surface area is 153 Å². The molecular weight excluding hydrogens is 316 g/mol. The van der Waals surface area contributed by atoms with Crippen LogP contribution in [0.25, 0.3) is 32.9 Å². The number of hydrogen-bond donors (Lipinski definition) is 0. The van der Waals surface area contributed by atoms with Crippen molar-refractivity contribution in [3.63, 3.8) is 0 Å². The first kappa shape index (κ1) is 15.5. The van der Waals surface area contributed by atoms with Gasteiger partial charge in [-0.1, -0.05) is 58.0 Å². The topological polar surface area (TPSA) is 25.8 Å². The van der Waals surface area contributed by atoms with Crippen molar-refractivity contribution < 1.29 is 0 Å². The molecule has 128 valence electrons. The number of benzene rings is 2. The second-order valence-electron chi connectivity index (χ2n) is 8.17. The maximum absolute atomic E-state index is 5.16. The molecule has 0 saturated heterocycles. The van der Waals surface area contributed by atoms with Crippen LogP contribution in [0.1, 0.15) is 50.3 Å². The van der Waals surface area contributed by atoms with Gasteiger partial charge in [0.05, 0.1) is 11.2 Å². The summed E-state index contributed by atoms with van der Waals surface area (Å²) >= 11 is 0. The van der Waals surface area contributed by atoms with Gasteiger partial charge in [0.15, 0.2) is 0 Å². The Hall–Kier alpha value is -2.74. The largest absolute Gasteiger partial charge is 0.264 e. The molecule has 0 fully saturated rings. The van der Waals surface area contributed by atoms with Crippen molar-refractivity contribution in [1.29, 1.82) is 0 Å². The molecule has 1 aliphatic rings. The molecule has 2 aromatic heterocycles. The summed E-state index contributed by atoms with van der Waals surface area (Å²) in [6, 6.07) is 15.3. The van der Waals surface area contributed by atoms with E-state index < -0.39 is 0 Å². The zero-order valence-corrected chi connectivity index (χ0v) is 15.7. The van der Waals surface area contributed by atoms with E-state index in [-0.39, 0.29) is 5.41 Å². The van der Waals surface area contributed by atoms with Crippen LogP contribution in [-0.4, -0.2) is 9.97 Å². The SMILES string of the molecule is CC(C)c1cccc2nc3c(cc12)C(C)(C)c1cncc2cccc-3c12. The van der Waals surface area contributed by atoms with Crippen molar-refractivity contribution in [3.05, 3.63) is 71.5 Å². The van der Waals surface area contributed by atoms with E-state index in [0.29, 0.717) is 5.92 Å². The average molecular weight is 338 g/mol. The Balaban J connectivity index is 1.97. The van der Waals surface area contributed by atoms with Gasteiger partial charge in [0.2, 0.25) is 0 Å². The van der Waals surface area contributed by atoms with Crippen LogP contribution in [0.4, 0.5) is 0 Å². The van der Waals surface area contributed by atoms with Crippen molar-refractivity contribution >= 4 is 21.7 Å². The Morgan fingerprint density at radius 2 is 1.73 bits per heavy atom. The van der Waals surface area contributed by atoms with E-state index in [0.717, 1.165) is 11.2 Å². The number of nitrogens with zero attached hydrogens (tertiary/aromatic N) is 2. The lowest BCUT2D eigenvalue weighted by Gasteiger charge is -2.34. The smallest absolute Gasteiger partial charge is 0.0756 e. The molecule has 2 aromatic carbocycles. The number of hydrogen-bond acceptors (Lipinski definition) is 2. The first-order valence-electron chi connectivity index (χ1n) is 9.30. The molecule has 2 heteroatoms. The molecule has 0 atom stereocenters. The third-order valence-electron chi connectivity index (χ3n) is 5.90. The molecule has 4 aromatic rings. The maximum atomic E-state index is 5.16. The molecule has 0 aliphatic heterocycles. The van der Waals surface area contributed by atoms with E-state index in [1.807, 2.05) is 12.4 Å². The van der Waals surface area contributed by atoms with Crippen LogP contribution < -0.4 is 0 Å². The molecular formula is C24H22N2. The summed E-state index contributed by atoms with van der Waals surface area (Å²) in [5.41, 5.74) is 7.26. The summed E-state index contributed by atoms with van der Waals surface area (Å²) in [6.45, 7) is 9.09. The van der Waals surface area contributed by atoms with Crippen molar-refractivity contribution in [2.45, 2.75) is 39.0 Å². The highest BCUT2D eigenvalue weighted by molar-refractivity contribution is 6.03. The van der Waals surface area contributed by atoms with Gasteiger partial charge in [-0.3, -0.25) is 4.98 Å². The zero-order valence-electron chi connectivity index (χ0n) is 15.7. The fraction of sp³-hybridized carbons (Fsp3) is 0.250. The van der Waals surface area contributed by atoms with Gasteiger partial charge in [-0.05, 0) is 40.1 Å². The fourth-order valence-corrected chi connectivity index (χ4v) is 4.45. The van der Waals surface area contributed by atoms with Crippen LogP contribution in [0.3, 0.4) is 0 Å². The minimum Gasteiger partial charge on any atom is -0.264 e. The molecule has 2 heterocycles. The van der Waals surface area contributed by atoms with Crippen LogP contribution in [0.15, 0.2) is 54.9 Å². The predicted molar refractivity (Wildman–Crippen MR) is 109 cm³/mol. The van der Waals surface area contributed by atoms with Crippen molar-refractivity contribution in [3.8, 4) is 11.3 Å². The molecule has 1 aliphatic carbocycles. The van der Waals surface area contributed by atoms with Gasteiger partial charge in [-0.2, -0.15) is 0 Å². The number of rotatable bonds is 1. The van der Waals surface area contributed by atoms with E-state index in [1.54, 1.807) is 0 Å². The summed E-state index contributed by atoms with van der Waals surface area (Å²) in [7, 11) is 0. The molecule has 0 saturated carbocycles. The molecule has 26 heavy (non-hydrogen) atoms. The Bertz CT molecular complexity index is 1180. The van der Waals surface area contributed by atoms with Crippen LogP contribution >= 0.6 is 0 Å². The quantitative estimate of drug-likeness (QED) is 0.412. The number of aromatic nitrogens is 2. The van der Waals surface area contributed by atoms with Crippen molar-refractivity contribution in [2.75, 3.05) is 0 Å². The first-order chi connectivity index (χ1) is 12.5. The lowest BCUT2D eigenvalue weighted by atomic mass is 9.70. The van der Waals surface area contributed by atoms with Gasteiger partial charge < -0.3 is 0 Å². The van der Waals surface area contributed by atoms with E-state index in [2.05, 4.69) is 75.1 Å². The fourth-order valence-electron chi connectivity index (χ4n) is 4.45.